The molecule has 0 bridgehead atoms. The van der Waals surface area contributed by atoms with Crippen molar-refractivity contribution >= 4 is 43.6 Å². The van der Waals surface area contributed by atoms with E-state index in [1.165, 1.54) is 9.13 Å². The first-order valence-corrected chi connectivity index (χ1v) is 20.3. The average molecular weight is 834 g/mol. The zero-order valence-electron chi connectivity index (χ0n) is 34.9. The van der Waals surface area contributed by atoms with Crippen molar-refractivity contribution in [2.75, 3.05) is 0 Å². The van der Waals surface area contributed by atoms with Gasteiger partial charge in [-0.25, -0.2) is 0 Å². The molecule has 0 unspecified atom stereocenters. The molecule has 0 aliphatic carbocycles. The average Bonchev–Trinajstić information content (AvgIpc) is 3.73. The lowest BCUT2D eigenvalue weighted by Gasteiger charge is -2.25. The van der Waals surface area contributed by atoms with Crippen LogP contribution in [-0.4, -0.2) is 9.13 Å². The maximum absolute atomic E-state index is 15.8. The van der Waals surface area contributed by atoms with E-state index in [9.17, 15) is 5.26 Å². The van der Waals surface area contributed by atoms with Gasteiger partial charge < -0.3 is 9.13 Å². The second-order valence-corrected chi connectivity index (χ2v) is 18.0. The number of rotatable bonds is 4. The lowest BCUT2D eigenvalue weighted by atomic mass is 9.86. The third kappa shape index (κ3) is 6.69. The fourth-order valence-corrected chi connectivity index (χ4v) is 8.74. The molecule has 0 spiro atoms. The molecular weight excluding hydrogens is 793 g/mol. The van der Waals surface area contributed by atoms with Crippen LogP contribution in [0.2, 0.25) is 0 Å². The highest BCUT2D eigenvalue weighted by molar-refractivity contribution is 6.12. The van der Waals surface area contributed by atoms with Crippen LogP contribution in [0, 0.1) is 11.3 Å². The third-order valence-corrected chi connectivity index (χ3v) is 11.9. The monoisotopic (exact) mass is 833 g/mol. The Balaban J connectivity index is 1.50. The molecule has 0 radical (unpaired) electrons. The quantitative estimate of drug-likeness (QED) is 0.163. The molecule has 62 heavy (non-hydrogen) atoms. The lowest BCUT2D eigenvalue weighted by molar-refractivity contribution is -0.142. The minimum absolute atomic E-state index is 0.190. The van der Waals surface area contributed by atoms with Gasteiger partial charge in [-0.3, -0.25) is 0 Å². The van der Waals surface area contributed by atoms with Crippen LogP contribution in [0.1, 0.15) is 69.4 Å². The summed E-state index contributed by atoms with van der Waals surface area (Å²) in [5, 5.41) is 13.7. The van der Waals surface area contributed by atoms with Crippen molar-refractivity contribution in [1.82, 2.24) is 9.13 Å². The summed E-state index contributed by atoms with van der Waals surface area (Å²) in [7, 11) is 0. The highest BCUT2D eigenvalue weighted by atomic mass is 19.4. The van der Waals surface area contributed by atoms with Crippen LogP contribution in [0.15, 0.2) is 140 Å². The van der Waals surface area contributed by atoms with Crippen molar-refractivity contribution in [3.63, 3.8) is 0 Å². The van der Waals surface area contributed by atoms with E-state index >= 15 is 26.3 Å². The predicted molar refractivity (Wildman–Crippen MR) is 238 cm³/mol. The van der Waals surface area contributed by atoms with Gasteiger partial charge >= 0.3 is 12.4 Å². The highest BCUT2D eigenvalue weighted by Crippen LogP contribution is 2.49. The van der Waals surface area contributed by atoms with Crippen molar-refractivity contribution in [1.29, 1.82) is 5.26 Å². The predicted octanol–water partition coefficient (Wildman–Crippen LogP) is 15.7. The van der Waals surface area contributed by atoms with Gasteiger partial charge in [0, 0.05) is 21.5 Å². The Morgan fingerprint density at radius 3 is 1.13 bits per heavy atom. The Labute approximate surface area is 355 Å². The number of nitriles is 1. The molecule has 0 aliphatic heterocycles. The number of hydrogen-bond acceptors (Lipinski definition) is 1. The number of alkyl halides is 6. The minimum Gasteiger partial charge on any atom is -0.307 e. The molecule has 3 nitrogen and oxygen atoms in total. The zero-order valence-corrected chi connectivity index (χ0v) is 34.9. The SMILES string of the molecule is CC(C)(C)c1ccc2c(c1)c1ccc(-c3ccccc3)cc1n2-c1c(C(F)(F)F)cc(C(F)(F)F)c(-n2c3ccc(C(C)(C)C)cc3c3ccc(-c4ccccc4)cc32)c1C#N. The number of fused-ring (bicyclic) bond motifs is 6. The number of benzene rings is 7. The van der Waals surface area contributed by atoms with E-state index in [1.54, 1.807) is 24.3 Å². The summed E-state index contributed by atoms with van der Waals surface area (Å²) >= 11 is 0. The molecule has 9 aromatic rings. The van der Waals surface area contributed by atoms with Crippen molar-refractivity contribution in [3.8, 4) is 39.7 Å². The second-order valence-electron chi connectivity index (χ2n) is 18.0. The second kappa shape index (κ2) is 14.1. The van der Waals surface area contributed by atoms with Gasteiger partial charge in [-0.2, -0.15) is 31.6 Å². The molecule has 0 saturated carbocycles. The summed E-state index contributed by atoms with van der Waals surface area (Å²) in [5.41, 5.74) is 0.0571. The van der Waals surface area contributed by atoms with Gasteiger partial charge in [0.2, 0.25) is 0 Å². The maximum Gasteiger partial charge on any atom is 0.418 e. The topological polar surface area (TPSA) is 33.6 Å². The highest BCUT2D eigenvalue weighted by Gasteiger charge is 2.44. The normalized spacial score (nSPS) is 12.8. The van der Waals surface area contributed by atoms with Crippen LogP contribution in [0.3, 0.4) is 0 Å². The number of aromatic nitrogens is 2. The molecule has 0 atom stereocenters. The molecule has 9 rings (SSSR count). The van der Waals surface area contributed by atoms with Crippen LogP contribution in [0.4, 0.5) is 26.3 Å². The van der Waals surface area contributed by atoms with E-state index in [0.717, 1.165) is 22.3 Å². The van der Waals surface area contributed by atoms with E-state index in [2.05, 4.69) is 0 Å². The molecular formula is C53H41F6N3. The Morgan fingerprint density at radius 1 is 0.403 bits per heavy atom. The molecule has 0 aliphatic rings. The van der Waals surface area contributed by atoms with Crippen LogP contribution < -0.4 is 0 Å². The fourth-order valence-electron chi connectivity index (χ4n) is 8.74. The Hall–Kier alpha value is -6.79. The Morgan fingerprint density at radius 2 is 0.790 bits per heavy atom. The van der Waals surface area contributed by atoms with Gasteiger partial charge in [0.1, 0.15) is 11.6 Å². The molecule has 2 aromatic heterocycles. The van der Waals surface area contributed by atoms with Crippen molar-refractivity contribution < 1.29 is 26.3 Å². The van der Waals surface area contributed by atoms with E-state index < -0.39 is 40.4 Å². The van der Waals surface area contributed by atoms with E-state index in [1.807, 2.05) is 157 Å². The summed E-state index contributed by atoms with van der Waals surface area (Å²) in [6, 6.07) is 42.6. The Kier molecular flexibility index (Phi) is 9.26. The summed E-state index contributed by atoms with van der Waals surface area (Å²) < 4.78 is 97.3. The first-order valence-electron chi connectivity index (χ1n) is 20.3. The van der Waals surface area contributed by atoms with E-state index in [-0.39, 0.29) is 16.9 Å². The van der Waals surface area contributed by atoms with Crippen molar-refractivity contribution in [3.05, 3.63) is 167 Å². The van der Waals surface area contributed by atoms with Gasteiger partial charge in [-0.15, -0.1) is 0 Å². The van der Waals surface area contributed by atoms with E-state index in [0.29, 0.717) is 54.7 Å². The Bertz CT molecular complexity index is 3060. The number of nitrogens with zero attached hydrogens (tertiary/aromatic N) is 3. The van der Waals surface area contributed by atoms with Gasteiger partial charge in [0.25, 0.3) is 0 Å². The van der Waals surface area contributed by atoms with Gasteiger partial charge in [-0.1, -0.05) is 139 Å². The molecule has 9 heteroatoms. The molecule has 0 saturated heterocycles. The summed E-state index contributed by atoms with van der Waals surface area (Å²) in [6.07, 6.45) is -10.6. The summed E-state index contributed by atoms with van der Waals surface area (Å²) in [5.74, 6) is 0. The van der Waals surface area contributed by atoms with Crippen LogP contribution in [0.5, 0.6) is 0 Å². The minimum atomic E-state index is -5.31. The molecule has 310 valence electrons. The lowest BCUT2D eigenvalue weighted by Crippen LogP contribution is -2.20. The molecule has 2 heterocycles. The van der Waals surface area contributed by atoms with Crippen LogP contribution >= 0.6 is 0 Å². The third-order valence-electron chi connectivity index (χ3n) is 11.9. The van der Waals surface area contributed by atoms with Crippen molar-refractivity contribution in [2.24, 2.45) is 0 Å². The standard InChI is InChI=1S/C53H41F6N3/c1-50(2,3)35-19-23-44-39(27-35)37-21-17-33(31-13-9-7-10-14-31)25-46(37)61(44)48-41(30-60)49(43(53(57,58)59)29-42(48)52(54,55)56)62-45-24-20-36(51(4,5)6)28-40(45)38-22-18-34(26-47(38)62)32-15-11-8-12-16-32/h7-29H,1-6H3. The number of hydrogen-bond donors (Lipinski definition) is 0. The van der Waals surface area contributed by atoms with Gasteiger partial charge in [0.05, 0.1) is 44.6 Å². The summed E-state index contributed by atoms with van der Waals surface area (Å²) in [4.78, 5) is 0. The molecule has 7 aromatic carbocycles. The van der Waals surface area contributed by atoms with Crippen LogP contribution in [-0.2, 0) is 23.2 Å². The number of halogens is 6. The first kappa shape index (κ1) is 40.6. The van der Waals surface area contributed by atoms with Crippen LogP contribution in [0.25, 0.3) is 77.2 Å². The van der Waals surface area contributed by atoms with Crippen molar-refractivity contribution in [2.45, 2.75) is 64.7 Å². The van der Waals surface area contributed by atoms with Gasteiger partial charge in [0.15, 0.2) is 0 Å². The molecule has 0 N–H and O–H groups in total. The molecule has 0 amide bonds. The fraction of sp³-hybridized carbons (Fsp3) is 0.189. The largest absolute Gasteiger partial charge is 0.418 e. The smallest absolute Gasteiger partial charge is 0.307 e. The molecule has 0 fully saturated rings. The van der Waals surface area contributed by atoms with E-state index in [4.69, 9.17) is 0 Å². The van der Waals surface area contributed by atoms with Gasteiger partial charge in [-0.05, 0) is 86.7 Å². The first-order chi connectivity index (χ1) is 29.3. The maximum atomic E-state index is 15.8. The zero-order chi connectivity index (χ0) is 44.1. The summed E-state index contributed by atoms with van der Waals surface area (Å²) in [6.45, 7) is 12.2.